The fourth-order valence-corrected chi connectivity index (χ4v) is 4.50. The second-order valence-electron chi connectivity index (χ2n) is 4.86. The summed E-state index contributed by atoms with van der Waals surface area (Å²) >= 11 is 0. The van der Waals surface area contributed by atoms with Gasteiger partial charge in [0, 0.05) is 32.4 Å². The third-order valence-electron chi connectivity index (χ3n) is 3.02. The largest absolute Gasteiger partial charge is 0.502 e. The maximum absolute atomic E-state index is 11.6. The first kappa shape index (κ1) is 21.4. The summed E-state index contributed by atoms with van der Waals surface area (Å²) in [6.45, 7) is 10.4. The summed E-state index contributed by atoms with van der Waals surface area (Å²) in [4.78, 5) is 11.6. The van der Waals surface area contributed by atoms with Gasteiger partial charge < -0.3 is 23.3 Å². The molecule has 0 bridgehead atoms. The van der Waals surface area contributed by atoms with Gasteiger partial charge in [0.25, 0.3) is 0 Å². The molecule has 0 saturated carbocycles. The van der Waals surface area contributed by atoms with Gasteiger partial charge >= 0.3 is 14.9 Å². The van der Waals surface area contributed by atoms with Crippen molar-refractivity contribution in [2.45, 2.75) is 59.4 Å². The minimum Gasteiger partial charge on any atom is -0.450 e. The topological polar surface area (TPSA) is 66.0 Å². The molecule has 7 heteroatoms. The average Bonchev–Trinajstić information content (AvgIpc) is 2.48. The number of alkyl carbamates (subject to hydrolysis) is 1. The first-order valence-electron chi connectivity index (χ1n) is 8.46. The van der Waals surface area contributed by atoms with Crippen LogP contribution in [0.25, 0.3) is 0 Å². The van der Waals surface area contributed by atoms with E-state index >= 15 is 0 Å². The number of ether oxygens (including phenoxy) is 1. The Balaban J connectivity index is 4.01. The zero-order valence-electron chi connectivity index (χ0n) is 14.6. The standard InChI is InChI=1S/C15H33NO5Si/c1-5-9-10-11-13-18-15(17)16-12-14-22(19-6-2,20-7-3)21-8-4/h5-14H2,1-4H3,(H,16,17). The van der Waals surface area contributed by atoms with Crippen molar-refractivity contribution < 1.29 is 22.8 Å². The van der Waals surface area contributed by atoms with Gasteiger partial charge in [-0.2, -0.15) is 0 Å². The predicted octanol–water partition coefficient (Wildman–Crippen LogP) is 3.34. The van der Waals surface area contributed by atoms with E-state index in [0.717, 1.165) is 12.8 Å². The summed E-state index contributed by atoms with van der Waals surface area (Å²) in [5.41, 5.74) is 0. The molecule has 0 unspecified atom stereocenters. The van der Waals surface area contributed by atoms with E-state index < -0.39 is 8.80 Å². The van der Waals surface area contributed by atoms with Gasteiger partial charge in [0.05, 0.1) is 6.61 Å². The van der Waals surface area contributed by atoms with Crippen LogP contribution in [0.1, 0.15) is 53.4 Å². The smallest absolute Gasteiger partial charge is 0.450 e. The van der Waals surface area contributed by atoms with Gasteiger partial charge in [-0.1, -0.05) is 26.2 Å². The third kappa shape index (κ3) is 10.2. The third-order valence-corrected chi connectivity index (χ3v) is 6.07. The fourth-order valence-electron chi connectivity index (χ4n) is 2.06. The zero-order chi connectivity index (χ0) is 16.7. The summed E-state index contributed by atoms with van der Waals surface area (Å²) in [7, 11) is -2.68. The number of amides is 1. The quantitative estimate of drug-likeness (QED) is 0.389. The molecule has 1 amide bonds. The highest BCUT2D eigenvalue weighted by atomic mass is 28.4. The van der Waals surface area contributed by atoms with E-state index in [9.17, 15) is 4.79 Å². The monoisotopic (exact) mass is 335 g/mol. The second-order valence-corrected chi connectivity index (χ2v) is 7.59. The van der Waals surface area contributed by atoms with E-state index in [2.05, 4.69) is 12.2 Å². The fraction of sp³-hybridized carbons (Fsp3) is 0.933. The Morgan fingerprint density at radius 1 is 0.909 bits per heavy atom. The maximum Gasteiger partial charge on any atom is 0.502 e. The lowest BCUT2D eigenvalue weighted by atomic mass is 10.2. The predicted molar refractivity (Wildman–Crippen MR) is 88.9 cm³/mol. The van der Waals surface area contributed by atoms with Gasteiger partial charge in [0.2, 0.25) is 0 Å². The second kappa shape index (κ2) is 14.0. The molecule has 0 rings (SSSR count). The summed E-state index contributed by atoms with van der Waals surface area (Å²) in [6, 6.07) is 0.549. The van der Waals surface area contributed by atoms with Crippen LogP contribution >= 0.6 is 0 Å². The van der Waals surface area contributed by atoms with Crippen molar-refractivity contribution in [3.8, 4) is 0 Å². The van der Waals surface area contributed by atoms with Gasteiger partial charge in [-0.3, -0.25) is 0 Å². The molecule has 0 aromatic carbocycles. The molecule has 0 radical (unpaired) electrons. The van der Waals surface area contributed by atoms with Crippen LogP contribution in [0.15, 0.2) is 0 Å². The van der Waals surface area contributed by atoms with E-state index in [0.29, 0.717) is 39.0 Å². The van der Waals surface area contributed by atoms with Crippen molar-refractivity contribution >= 4 is 14.9 Å². The van der Waals surface area contributed by atoms with Crippen LogP contribution in [0, 0.1) is 0 Å². The highest BCUT2D eigenvalue weighted by molar-refractivity contribution is 6.60. The van der Waals surface area contributed by atoms with Crippen molar-refractivity contribution in [1.82, 2.24) is 5.32 Å². The van der Waals surface area contributed by atoms with Crippen LogP contribution < -0.4 is 5.32 Å². The summed E-state index contributed by atoms with van der Waals surface area (Å²) in [5.74, 6) is 0. The lowest BCUT2D eigenvalue weighted by Gasteiger charge is -2.28. The number of hydrogen-bond acceptors (Lipinski definition) is 5. The van der Waals surface area contributed by atoms with Crippen LogP contribution in [0.4, 0.5) is 4.79 Å². The number of rotatable bonds is 14. The molecule has 0 atom stereocenters. The molecular formula is C15H33NO5Si. The van der Waals surface area contributed by atoms with Crippen molar-refractivity contribution in [2.75, 3.05) is 33.0 Å². The molecule has 0 aliphatic carbocycles. The number of carbonyl (C=O) groups is 1. The molecule has 0 aromatic heterocycles. The molecule has 1 N–H and O–H groups in total. The van der Waals surface area contributed by atoms with Crippen LogP contribution in [0.2, 0.25) is 6.04 Å². The van der Waals surface area contributed by atoms with Crippen molar-refractivity contribution in [1.29, 1.82) is 0 Å². The van der Waals surface area contributed by atoms with E-state index in [1.165, 1.54) is 12.8 Å². The number of carbonyl (C=O) groups excluding carboxylic acids is 1. The molecule has 6 nitrogen and oxygen atoms in total. The molecule has 0 spiro atoms. The van der Waals surface area contributed by atoms with E-state index in [-0.39, 0.29) is 6.09 Å². The molecule has 0 aromatic rings. The summed E-state index contributed by atoms with van der Waals surface area (Å²) in [6.07, 6.45) is 3.97. The van der Waals surface area contributed by atoms with Crippen molar-refractivity contribution in [3.63, 3.8) is 0 Å². The molecule has 132 valence electrons. The van der Waals surface area contributed by atoms with E-state index in [1.54, 1.807) is 0 Å². The summed E-state index contributed by atoms with van der Waals surface area (Å²) in [5, 5.41) is 2.74. The van der Waals surface area contributed by atoms with Crippen molar-refractivity contribution in [2.24, 2.45) is 0 Å². The van der Waals surface area contributed by atoms with E-state index in [1.807, 2.05) is 20.8 Å². The minimum absolute atomic E-state index is 0.385. The maximum atomic E-state index is 11.6. The Bertz CT molecular complexity index is 262. The van der Waals surface area contributed by atoms with Crippen LogP contribution in [0.3, 0.4) is 0 Å². The number of unbranched alkanes of at least 4 members (excludes halogenated alkanes) is 3. The molecule has 0 aliphatic rings. The van der Waals surface area contributed by atoms with Gasteiger partial charge in [-0.15, -0.1) is 0 Å². The Kier molecular flexibility index (Phi) is 13.6. The van der Waals surface area contributed by atoms with E-state index in [4.69, 9.17) is 18.0 Å². The molecule has 0 saturated heterocycles. The number of hydrogen-bond donors (Lipinski definition) is 1. The average molecular weight is 336 g/mol. The summed E-state index contributed by atoms with van der Waals surface area (Å²) < 4.78 is 22.3. The Morgan fingerprint density at radius 2 is 1.50 bits per heavy atom. The minimum atomic E-state index is -2.68. The Labute approximate surface area is 136 Å². The first-order valence-corrected chi connectivity index (χ1v) is 10.4. The van der Waals surface area contributed by atoms with Gasteiger partial charge in [-0.25, -0.2) is 4.79 Å². The van der Waals surface area contributed by atoms with Crippen LogP contribution in [0.5, 0.6) is 0 Å². The van der Waals surface area contributed by atoms with Gasteiger partial charge in [0.1, 0.15) is 0 Å². The number of nitrogens with one attached hydrogen (secondary N) is 1. The molecular weight excluding hydrogens is 302 g/mol. The Hall–Kier alpha value is -0.633. The SMILES string of the molecule is CCCCCCOC(=O)NCC[Si](OCC)(OCC)OCC. The normalized spacial score (nSPS) is 11.5. The van der Waals surface area contributed by atoms with Crippen molar-refractivity contribution in [3.05, 3.63) is 0 Å². The first-order chi connectivity index (χ1) is 10.6. The molecule has 22 heavy (non-hydrogen) atoms. The highest BCUT2D eigenvalue weighted by Crippen LogP contribution is 2.15. The lowest BCUT2D eigenvalue weighted by Crippen LogP contribution is -2.48. The van der Waals surface area contributed by atoms with Crippen LogP contribution in [-0.4, -0.2) is 47.9 Å². The highest BCUT2D eigenvalue weighted by Gasteiger charge is 2.39. The lowest BCUT2D eigenvalue weighted by molar-refractivity contribution is 0.0712. The zero-order valence-corrected chi connectivity index (χ0v) is 15.6. The molecule has 0 heterocycles. The van der Waals surface area contributed by atoms with Gasteiger partial charge in [0.15, 0.2) is 0 Å². The van der Waals surface area contributed by atoms with Gasteiger partial charge in [-0.05, 0) is 27.2 Å². The molecule has 0 fully saturated rings. The van der Waals surface area contributed by atoms with Crippen LogP contribution in [-0.2, 0) is 18.0 Å². The molecule has 0 aliphatic heterocycles. The Morgan fingerprint density at radius 3 is 2.00 bits per heavy atom.